The van der Waals surface area contributed by atoms with Gasteiger partial charge in [0.05, 0.1) is 0 Å². The summed E-state index contributed by atoms with van der Waals surface area (Å²) in [6, 6.07) is 0. The number of allylic oxidation sites excluding steroid dienone is 8. The van der Waals surface area contributed by atoms with E-state index in [0.717, 1.165) is 16.7 Å². The Morgan fingerprint density at radius 2 is 1.85 bits per heavy atom. The van der Waals surface area contributed by atoms with Crippen LogP contribution in [-0.4, -0.2) is 0 Å². The minimum atomic E-state index is 1.03. The molecule has 0 aromatic carbocycles. The van der Waals surface area contributed by atoms with Crippen LogP contribution in [0.1, 0.15) is 20.8 Å². The van der Waals surface area contributed by atoms with E-state index in [9.17, 15) is 0 Å². The minimum absolute atomic E-state index is 1.03. The van der Waals surface area contributed by atoms with E-state index >= 15 is 0 Å². The lowest BCUT2D eigenvalue weighted by Crippen LogP contribution is -1.81. The monoisotopic (exact) mass is 174 g/mol. The fraction of sp³-hybridized carbons (Fsp3) is 0.231. The van der Waals surface area contributed by atoms with Crippen molar-refractivity contribution in [2.75, 3.05) is 0 Å². The molecule has 0 aliphatic heterocycles. The van der Waals surface area contributed by atoms with E-state index in [1.807, 2.05) is 39.0 Å². The van der Waals surface area contributed by atoms with Crippen molar-refractivity contribution in [1.82, 2.24) is 0 Å². The highest BCUT2D eigenvalue weighted by molar-refractivity contribution is 5.46. The average Bonchev–Trinajstić information content (AvgIpc) is 2.14. The van der Waals surface area contributed by atoms with Gasteiger partial charge in [-0.05, 0) is 31.9 Å². The molecule has 0 spiro atoms. The van der Waals surface area contributed by atoms with Gasteiger partial charge in [-0.15, -0.1) is 0 Å². The van der Waals surface area contributed by atoms with Crippen LogP contribution < -0.4 is 0 Å². The van der Waals surface area contributed by atoms with Gasteiger partial charge in [0.2, 0.25) is 0 Å². The molecular weight excluding hydrogens is 156 g/mol. The first-order valence-corrected chi connectivity index (χ1v) is 4.44. The van der Waals surface area contributed by atoms with Crippen LogP contribution in [0.2, 0.25) is 0 Å². The van der Waals surface area contributed by atoms with Gasteiger partial charge in [-0.1, -0.05) is 49.1 Å². The van der Waals surface area contributed by atoms with Gasteiger partial charge in [0.25, 0.3) is 0 Å². The summed E-state index contributed by atoms with van der Waals surface area (Å²) < 4.78 is 0. The van der Waals surface area contributed by atoms with Crippen LogP contribution in [0.15, 0.2) is 60.3 Å². The molecule has 0 bridgehead atoms. The summed E-state index contributed by atoms with van der Waals surface area (Å²) in [6.07, 6.45) is 9.96. The third-order valence-electron chi connectivity index (χ3n) is 1.75. The molecule has 0 heteroatoms. The van der Waals surface area contributed by atoms with Crippen molar-refractivity contribution < 1.29 is 0 Å². The predicted octanol–water partition coefficient (Wildman–Crippen LogP) is 4.20. The van der Waals surface area contributed by atoms with Crippen molar-refractivity contribution in [2.45, 2.75) is 20.8 Å². The molecule has 0 aliphatic rings. The van der Waals surface area contributed by atoms with E-state index in [-0.39, 0.29) is 0 Å². The van der Waals surface area contributed by atoms with Crippen molar-refractivity contribution in [3.05, 3.63) is 60.3 Å². The van der Waals surface area contributed by atoms with Gasteiger partial charge in [-0.25, -0.2) is 0 Å². The first-order valence-electron chi connectivity index (χ1n) is 4.44. The molecule has 0 heterocycles. The SMILES string of the molecule is C=CC(C)=CC(=CC)C(=C)C=CC. The Hall–Kier alpha value is -1.30. The first kappa shape index (κ1) is 11.7. The van der Waals surface area contributed by atoms with Gasteiger partial charge in [-0.2, -0.15) is 0 Å². The van der Waals surface area contributed by atoms with E-state index in [0.29, 0.717) is 0 Å². The largest absolute Gasteiger partial charge is 0.0988 e. The maximum Gasteiger partial charge on any atom is -0.0230 e. The lowest BCUT2D eigenvalue weighted by Gasteiger charge is -2.01. The Labute approximate surface area is 81.7 Å². The summed E-state index contributed by atoms with van der Waals surface area (Å²) in [4.78, 5) is 0. The Morgan fingerprint density at radius 3 is 2.23 bits per heavy atom. The summed E-state index contributed by atoms with van der Waals surface area (Å²) in [5, 5.41) is 0. The van der Waals surface area contributed by atoms with Gasteiger partial charge >= 0.3 is 0 Å². The minimum Gasteiger partial charge on any atom is -0.0988 e. The molecule has 0 amide bonds. The Kier molecular flexibility index (Phi) is 5.62. The maximum absolute atomic E-state index is 3.97. The van der Waals surface area contributed by atoms with Gasteiger partial charge in [0.1, 0.15) is 0 Å². The molecule has 0 aromatic heterocycles. The normalized spacial score (nSPS) is 13.5. The third-order valence-corrected chi connectivity index (χ3v) is 1.75. The smallest absolute Gasteiger partial charge is 0.0230 e. The van der Waals surface area contributed by atoms with Gasteiger partial charge < -0.3 is 0 Å². The van der Waals surface area contributed by atoms with Crippen LogP contribution in [0.3, 0.4) is 0 Å². The highest BCUT2D eigenvalue weighted by Gasteiger charge is 1.93. The summed E-state index contributed by atoms with van der Waals surface area (Å²) in [5.74, 6) is 0. The molecule has 0 nitrogen and oxygen atoms in total. The molecule has 70 valence electrons. The lowest BCUT2D eigenvalue weighted by atomic mass is 10.0. The second-order valence-corrected chi connectivity index (χ2v) is 2.86. The van der Waals surface area contributed by atoms with E-state index in [2.05, 4.69) is 25.3 Å². The number of hydrogen-bond acceptors (Lipinski definition) is 0. The van der Waals surface area contributed by atoms with E-state index < -0.39 is 0 Å². The third kappa shape index (κ3) is 4.32. The Morgan fingerprint density at radius 1 is 1.23 bits per heavy atom. The summed E-state index contributed by atoms with van der Waals surface area (Å²) in [5.41, 5.74) is 3.33. The second-order valence-electron chi connectivity index (χ2n) is 2.86. The first-order chi connectivity index (χ1) is 6.15. The van der Waals surface area contributed by atoms with Gasteiger partial charge in [0, 0.05) is 0 Å². The summed E-state index contributed by atoms with van der Waals surface area (Å²) >= 11 is 0. The molecule has 0 fully saturated rings. The average molecular weight is 174 g/mol. The van der Waals surface area contributed by atoms with Crippen LogP contribution in [0.4, 0.5) is 0 Å². The van der Waals surface area contributed by atoms with Gasteiger partial charge in [-0.3, -0.25) is 0 Å². The fourth-order valence-electron chi connectivity index (χ4n) is 0.963. The van der Waals surface area contributed by atoms with Crippen molar-refractivity contribution >= 4 is 0 Å². The zero-order chi connectivity index (χ0) is 10.3. The number of rotatable bonds is 4. The van der Waals surface area contributed by atoms with E-state index in [1.54, 1.807) is 0 Å². The van der Waals surface area contributed by atoms with Crippen molar-refractivity contribution in [2.24, 2.45) is 0 Å². The van der Waals surface area contributed by atoms with Crippen LogP contribution in [0, 0.1) is 0 Å². The molecule has 0 atom stereocenters. The van der Waals surface area contributed by atoms with Crippen LogP contribution in [0.25, 0.3) is 0 Å². The number of hydrogen-bond donors (Lipinski definition) is 0. The second kappa shape index (κ2) is 6.24. The molecule has 0 aliphatic carbocycles. The fourth-order valence-corrected chi connectivity index (χ4v) is 0.963. The standard InChI is InChI=1S/C13H18/c1-6-9-12(5)13(8-3)10-11(4)7-2/h6-10H,2,5H2,1,3-4H3. The lowest BCUT2D eigenvalue weighted by molar-refractivity contribution is 1.44. The van der Waals surface area contributed by atoms with E-state index in [1.165, 1.54) is 0 Å². The molecule has 0 aromatic rings. The molecule has 0 N–H and O–H groups in total. The molecular formula is C13H18. The maximum atomic E-state index is 3.97. The Balaban J connectivity index is 4.74. The molecule has 0 saturated carbocycles. The molecule has 13 heavy (non-hydrogen) atoms. The molecule has 0 unspecified atom stereocenters. The van der Waals surface area contributed by atoms with Crippen molar-refractivity contribution in [1.29, 1.82) is 0 Å². The topological polar surface area (TPSA) is 0 Å². The quantitative estimate of drug-likeness (QED) is 0.560. The molecule has 0 saturated heterocycles. The van der Waals surface area contributed by atoms with E-state index in [4.69, 9.17) is 0 Å². The molecule has 0 radical (unpaired) electrons. The van der Waals surface area contributed by atoms with Crippen molar-refractivity contribution in [3.63, 3.8) is 0 Å². The van der Waals surface area contributed by atoms with Crippen LogP contribution >= 0.6 is 0 Å². The zero-order valence-corrected chi connectivity index (χ0v) is 8.80. The Bertz CT molecular complexity index is 272. The summed E-state index contributed by atoms with van der Waals surface area (Å²) in [6.45, 7) is 13.7. The molecule has 0 rings (SSSR count). The van der Waals surface area contributed by atoms with Gasteiger partial charge in [0.15, 0.2) is 0 Å². The van der Waals surface area contributed by atoms with Crippen molar-refractivity contribution in [3.8, 4) is 0 Å². The van der Waals surface area contributed by atoms with Crippen LogP contribution in [-0.2, 0) is 0 Å². The predicted molar refractivity (Wildman–Crippen MR) is 61.7 cm³/mol. The summed E-state index contributed by atoms with van der Waals surface area (Å²) in [7, 11) is 0. The zero-order valence-electron chi connectivity index (χ0n) is 8.80. The highest BCUT2D eigenvalue weighted by Crippen LogP contribution is 2.13. The van der Waals surface area contributed by atoms with Crippen LogP contribution in [0.5, 0.6) is 0 Å². The highest BCUT2D eigenvalue weighted by atomic mass is 14.0.